The second-order valence-corrected chi connectivity index (χ2v) is 8.85. The van der Waals surface area contributed by atoms with Crippen molar-refractivity contribution in [1.29, 1.82) is 0 Å². The summed E-state index contributed by atoms with van der Waals surface area (Å²) in [6, 6.07) is 24.4. The number of rotatable bonds is 7. The van der Waals surface area contributed by atoms with Crippen molar-refractivity contribution in [1.82, 2.24) is 0 Å². The molecule has 2 atom stereocenters. The van der Waals surface area contributed by atoms with E-state index in [2.05, 4.69) is 0 Å². The molecule has 0 spiro atoms. The fraction of sp³-hybridized carbons (Fsp3) is 0.233. The summed E-state index contributed by atoms with van der Waals surface area (Å²) in [5, 5.41) is 0. The zero-order chi connectivity index (χ0) is 24.8. The monoisotopic (exact) mass is 467 g/mol. The number of aryl methyl sites for hydroxylation is 2. The van der Waals surface area contributed by atoms with Crippen molar-refractivity contribution < 1.29 is 19.1 Å². The molecule has 3 aromatic rings. The van der Waals surface area contributed by atoms with Gasteiger partial charge in [0.2, 0.25) is 11.7 Å². The number of benzene rings is 3. The van der Waals surface area contributed by atoms with E-state index in [4.69, 9.17) is 4.74 Å². The van der Waals surface area contributed by atoms with Crippen LogP contribution in [0.15, 0.2) is 91.0 Å². The molecule has 0 radical (unpaired) electrons. The zero-order valence-corrected chi connectivity index (χ0v) is 20.0. The Bertz CT molecular complexity index is 1190. The Balaban J connectivity index is 1.54. The first kappa shape index (κ1) is 24.1. The lowest BCUT2D eigenvalue weighted by Gasteiger charge is -2.32. The van der Waals surface area contributed by atoms with Crippen molar-refractivity contribution in [3.8, 4) is 0 Å². The normalized spacial score (nSPS) is 17.0. The van der Waals surface area contributed by atoms with Crippen LogP contribution in [0.4, 0.5) is 11.4 Å². The van der Waals surface area contributed by atoms with Crippen molar-refractivity contribution in [3.63, 3.8) is 0 Å². The number of amides is 1. The SMILES string of the molecule is Cc1ccc(C)c(C(=O)COC(=O)C2CC=CCC2C(=O)N(c2ccccc2)c2ccccc2)c1. The second kappa shape index (κ2) is 11.0. The summed E-state index contributed by atoms with van der Waals surface area (Å²) in [5.41, 5.74) is 3.82. The van der Waals surface area contributed by atoms with Gasteiger partial charge in [-0.05, 0) is 62.6 Å². The highest BCUT2D eigenvalue weighted by molar-refractivity contribution is 6.04. The van der Waals surface area contributed by atoms with Gasteiger partial charge in [-0.2, -0.15) is 0 Å². The fourth-order valence-electron chi connectivity index (χ4n) is 4.43. The minimum Gasteiger partial charge on any atom is -0.457 e. The Hall–Kier alpha value is -3.99. The van der Waals surface area contributed by atoms with E-state index >= 15 is 0 Å². The van der Waals surface area contributed by atoms with Gasteiger partial charge < -0.3 is 4.74 Å². The molecule has 0 heterocycles. The number of ether oxygens (including phenoxy) is 1. The van der Waals surface area contributed by atoms with E-state index in [9.17, 15) is 14.4 Å². The lowest BCUT2D eigenvalue weighted by Crippen LogP contribution is -2.40. The summed E-state index contributed by atoms with van der Waals surface area (Å²) in [4.78, 5) is 41.4. The van der Waals surface area contributed by atoms with Gasteiger partial charge in [-0.15, -0.1) is 0 Å². The third kappa shape index (κ3) is 5.57. The molecule has 35 heavy (non-hydrogen) atoms. The summed E-state index contributed by atoms with van der Waals surface area (Å²) in [5.74, 6) is -2.19. The third-order valence-corrected chi connectivity index (χ3v) is 6.34. The molecule has 5 nitrogen and oxygen atoms in total. The molecule has 2 unspecified atom stereocenters. The molecule has 0 aliphatic heterocycles. The van der Waals surface area contributed by atoms with Crippen LogP contribution in [0.3, 0.4) is 0 Å². The molecule has 4 rings (SSSR count). The average Bonchev–Trinajstić information content (AvgIpc) is 2.90. The molecule has 0 aromatic heterocycles. The molecule has 0 N–H and O–H groups in total. The van der Waals surface area contributed by atoms with Gasteiger partial charge in [0.05, 0.1) is 11.8 Å². The molecule has 1 aliphatic rings. The van der Waals surface area contributed by atoms with E-state index < -0.39 is 17.8 Å². The standard InChI is InChI=1S/C30H29NO4/c1-21-17-18-22(2)27(19-21)28(32)20-35-30(34)26-16-10-9-15-25(26)29(33)31(23-11-5-3-6-12-23)24-13-7-4-8-14-24/h3-14,17-19,25-26H,15-16,20H2,1-2H3. The molecule has 1 amide bonds. The first-order valence-electron chi connectivity index (χ1n) is 11.8. The number of anilines is 2. The Morgan fingerprint density at radius 1 is 0.800 bits per heavy atom. The number of carbonyl (C=O) groups excluding carboxylic acids is 3. The highest BCUT2D eigenvalue weighted by Gasteiger charge is 2.38. The molecule has 0 saturated carbocycles. The molecule has 0 fully saturated rings. The van der Waals surface area contributed by atoms with E-state index in [0.29, 0.717) is 18.4 Å². The van der Waals surface area contributed by atoms with E-state index in [1.54, 1.807) is 11.0 Å². The van der Waals surface area contributed by atoms with Gasteiger partial charge in [-0.25, -0.2) is 0 Å². The van der Waals surface area contributed by atoms with Crippen LogP contribution in [0, 0.1) is 25.7 Å². The van der Waals surface area contributed by atoms with Crippen LogP contribution in [0.1, 0.15) is 34.3 Å². The number of hydrogen-bond donors (Lipinski definition) is 0. The minimum absolute atomic E-state index is 0.172. The van der Waals surface area contributed by atoms with Crippen LogP contribution < -0.4 is 4.90 Å². The lowest BCUT2D eigenvalue weighted by molar-refractivity contribution is -0.151. The molecule has 0 saturated heterocycles. The van der Waals surface area contributed by atoms with Crippen LogP contribution in [-0.2, 0) is 14.3 Å². The molecule has 1 aliphatic carbocycles. The van der Waals surface area contributed by atoms with E-state index in [-0.39, 0.29) is 18.3 Å². The molecular weight excluding hydrogens is 438 g/mol. The van der Waals surface area contributed by atoms with Gasteiger partial charge in [0.25, 0.3) is 0 Å². The van der Waals surface area contributed by atoms with Gasteiger partial charge in [0.1, 0.15) is 0 Å². The van der Waals surface area contributed by atoms with E-state index in [1.807, 2.05) is 98.8 Å². The summed E-state index contributed by atoms with van der Waals surface area (Å²) in [6.45, 7) is 3.43. The van der Waals surface area contributed by atoms with E-state index in [0.717, 1.165) is 22.5 Å². The average molecular weight is 468 g/mol. The zero-order valence-electron chi connectivity index (χ0n) is 20.0. The smallest absolute Gasteiger partial charge is 0.310 e. The van der Waals surface area contributed by atoms with Crippen LogP contribution in [0.5, 0.6) is 0 Å². The predicted octanol–water partition coefficient (Wildman–Crippen LogP) is 5.98. The quantitative estimate of drug-likeness (QED) is 0.244. The van der Waals surface area contributed by atoms with Crippen LogP contribution in [0.25, 0.3) is 0 Å². The molecule has 0 bridgehead atoms. The summed E-state index contributed by atoms with van der Waals surface area (Å²) in [6.07, 6.45) is 4.66. The number of para-hydroxylation sites is 2. The third-order valence-electron chi connectivity index (χ3n) is 6.34. The number of ketones is 1. The maximum Gasteiger partial charge on any atom is 0.310 e. The summed E-state index contributed by atoms with van der Waals surface area (Å²) < 4.78 is 5.47. The molecule has 178 valence electrons. The topological polar surface area (TPSA) is 63.7 Å². The minimum atomic E-state index is -0.658. The number of carbonyl (C=O) groups is 3. The number of esters is 1. The van der Waals surface area contributed by atoms with Gasteiger partial charge >= 0.3 is 5.97 Å². The van der Waals surface area contributed by atoms with Crippen molar-refractivity contribution >= 4 is 29.0 Å². The molecular formula is C30H29NO4. The van der Waals surface area contributed by atoms with Crippen molar-refractivity contribution in [3.05, 3.63) is 108 Å². The van der Waals surface area contributed by atoms with Crippen molar-refractivity contribution in [2.45, 2.75) is 26.7 Å². The van der Waals surface area contributed by atoms with Gasteiger partial charge in [0, 0.05) is 16.9 Å². The predicted molar refractivity (Wildman–Crippen MR) is 137 cm³/mol. The van der Waals surface area contributed by atoms with Gasteiger partial charge in [-0.3, -0.25) is 19.3 Å². The van der Waals surface area contributed by atoms with Crippen LogP contribution in [0.2, 0.25) is 0 Å². The number of Topliss-reactive ketones (excluding diaryl/α,β-unsaturated/α-hetero) is 1. The Morgan fingerprint density at radius 2 is 1.37 bits per heavy atom. The maximum atomic E-state index is 13.9. The lowest BCUT2D eigenvalue weighted by atomic mass is 9.81. The highest BCUT2D eigenvalue weighted by Crippen LogP contribution is 2.34. The molecule has 5 heteroatoms. The van der Waals surface area contributed by atoms with Crippen LogP contribution >= 0.6 is 0 Å². The Labute approximate surface area is 206 Å². The van der Waals surface area contributed by atoms with Gasteiger partial charge in [0.15, 0.2) is 6.61 Å². The van der Waals surface area contributed by atoms with Crippen molar-refractivity contribution in [2.75, 3.05) is 11.5 Å². The Morgan fingerprint density at radius 3 is 1.97 bits per heavy atom. The fourth-order valence-corrected chi connectivity index (χ4v) is 4.43. The highest BCUT2D eigenvalue weighted by atomic mass is 16.5. The molecule has 3 aromatic carbocycles. The second-order valence-electron chi connectivity index (χ2n) is 8.85. The largest absolute Gasteiger partial charge is 0.457 e. The van der Waals surface area contributed by atoms with Crippen molar-refractivity contribution in [2.24, 2.45) is 11.8 Å². The van der Waals surface area contributed by atoms with E-state index in [1.165, 1.54) is 0 Å². The summed E-state index contributed by atoms with van der Waals surface area (Å²) in [7, 11) is 0. The first-order chi connectivity index (χ1) is 17.0. The van der Waals surface area contributed by atoms with Gasteiger partial charge in [-0.1, -0.05) is 66.2 Å². The number of nitrogens with zero attached hydrogens (tertiary/aromatic N) is 1. The number of hydrogen-bond acceptors (Lipinski definition) is 4. The first-order valence-corrected chi connectivity index (χ1v) is 11.8. The summed E-state index contributed by atoms with van der Waals surface area (Å²) >= 11 is 0. The Kier molecular flexibility index (Phi) is 7.56. The van der Waals surface area contributed by atoms with Crippen LogP contribution in [-0.4, -0.2) is 24.3 Å². The number of allylic oxidation sites excluding steroid dienone is 2. The maximum absolute atomic E-state index is 13.9.